The Balaban J connectivity index is 1.87. The lowest BCUT2D eigenvalue weighted by Crippen LogP contribution is -2.27. The lowest BCUT2D eigenvalue weighted by molar-refractivity contribution is 0.554. The molecule has 0 radical (unpaired) electrons. The SMILES string of the molecule is c1cnc2nc(N3CCCCCCC3)ccc2n1. The molecule has 18 heavy (non-hydrogen) atoms. The summed E-state index contributed by atoms with van der Waals surface area (Å²) in [6.45, 7) is 2.22. The molecule has 0 saturated carbocycles. The Kier molecular flexibility index (Phi) is 3.35. The summed E-state index contributed by atoms with van der Waals surface area (Å²) in [5.41, 5.74) is 1.62. The zero-order valence-electron chi connectivity index (χ0n) is 10.5. The summed E-state index contributed by atoms with van der Waals surface area (Å²) in [6.07, 6.45) is 9.99. The average molecular weight is 242 g/mol. The third kappa shape index (κ3) is 2.42. The van der Waals surface area contributed by atoms with E-state index in [4.69, 9.17) is 0 Å². The van der Waals surface area contributed by atoms with Gasteiger partial charge in [-0.1, -0.05) is 19.3 Å². The van der Waals surface area contributed by atoms with Crippen LogP contribution in [0.4, 0.5) is 5.82 Å². The number of aromatic nitrogens is 3. The highest BCUT2D eigenvalue weighted by atomic mass is 15.2. The van der Waals surface area contributed by atoms with Gasteiger partial charge < -0.3 is 4.90 Å². The number of pyridine rings is 1. The molecule has 1 fully saturated rings. The summed E-state index contributed by atoms with van der Waals surface area (Å²) in [4.78, 5) is 15.5. The molecule has 3 rings (SSSR count). The zero-order valence-corrected chi connectivity index (χ0v) is 10.5. The first-order chi connectivity index (χ1) is 8.93. The normalized spacial score (nSPS) is 17.4. The molecule has 0 bridgehead atoms. The van der Waals surface area contributed by atoms with Gasteiger partial charge in [0.15, 0.2) is 5.65 Å². The van der Waals surface area contributed by atoms with Crippen molar-refractivity contribution in [3.63, 3.8) is 0 Å². The first kappa shape index (κ1) is 11.4. The van der Waals surface area contributed by atoms with Crippen LogP contribution in [0.2, 0.25) is 0 Å². The summed E-state index contributed by atoms with van der Waals surface area (Å²) in [5, 5.41) is 0. The molecule has 0 aliphatic carbocycles. The second-order valence-corrected chi connectivity index (χ2v) is 4.82. The standard InChI is InChI=1S/C14H18N4/c1-2-4-10-18(11-5-3-1)13-7-6-12-14(17-13)16-9-8-15-12/h6-9H,1-5,10-11H2. The van der Waals surface area contributed by atoms with Crippen LogP contribution in [0.1, 0.15) is 32.1 Å². The minimum Gasteiger partial charge on any atom is -0.357 e. The van der Waals surface area contributed by atoms with Crippen molar-refractivity contribution in [2.45, 2.75) is 32.1 Å². The highest BCUT2D eigenvalue weighted by molar-refractivity contribution is 5.71. The molecule has 0 N–H and O–H groups in total. The molecule has 2 aromatic rings. The van der Waals surface area contributed by atoms with Gasteiger partial charge in [0, 0.05) is 25.5 Å². The topological polar surface area (TPSA) is 41.9 Å². The van der Waals surface area contributed by atoms with Gasteiger partial charge in [0.25, 0.3) is 0 Å². The minimum atomic E-state index is 0.747. The van der Waals surface area contributed by atoms with Crippen LogP contribution in [-0.4, -0.2) is 28.0 Å². The fraction of sp³-hybridized carbons (Fsp3) is 0.500. The smallest absolute Gasteiger partial charge is 0.180 e. The van der Waals surface area contributed by atoms with Crippen molar-refractivity contribution in [2.75, 3.05) is 18.0 Å². The van der Waals surface area contributed by atoms with Crippen molar-refractivity contribution < 1.29 is 0 Å². The number of fused-ring (bicyclic) bond motifs is 1. The molecule has 0 unspecified atom stereocenters. The van der Waals surface area contributed by atoms with E-state index >= 15 is 0 Å². The molecule has 0 aromatic carbocycles. The van der Waals surface area contributed by atoms with Crippen LogP contribution >= 0.6 is 0 Å². The number of anilines is 1. The Morgan fingerprint density at radius 1 is 0.833 bits per heavy atom. The van der Waals surface area contributed by atoms with E-state index in [1.54, 1.807) is 12.4 Å². The fourth-order valence-corrected chi connectivity index (χ4v) is 2.50. The van der Waals surface area contributed by atoms with Gasteiger partial charge >= 0.3 is 0 Å². The molecule has 4 nitrogen and oxygen atoms in total. The Morgan fingerprint density at radius 2 is 1.56 bits per heavy atom. The Hall–Kier alpha value is -1.71. The summed E-state index contributed by atoms with van der Waals surface area (Å²) in [6, 6.07) is 4.09. The van der Waals surface area contributed by atoms with Crippen LogP contribution in [0, 0.1) is 0 Å². The molecular formula is C14H18N4. The highest BCUT2D eigenvalue weighted by Crippen LogP contribution is 2.19. The van der Waals surface area contributed by atoms with Gasteiger partial charge in [-0.3, -0.25) is 4.98 Å². The molecule has 0 atom stereocenters. The quantitative estimate of drug-likeness (QED) is 0.771. The molecule has 4 heteroatoms. The van der Waals surface area contributed by atoms with E-state index in [0.717, 1.165) is 30.1 Å². The fourth-order valence-electron chi connectivity index (χ4n) is 2.50. The van der Waals surface area contributed by atoms with Crippen LogP contribution in [0.25, 0.3) is 11.2 Å². The predicted molar refractivity (Wildman–Crippen MR) is 72.6 cm³/mol. The molecule has 1 aliphatic rings. The molecule has 0 spiro atoms. The van der Waals surface area contributed by atoms with Gasteiger partial charge in [-0.2, -0.15) is 0 Å². The molecule has 3 heterocycles. The van der Waals surface area contributed by atoms with Gasteiger partial charge in [0.2, 0.25) is 0 Å². The van der Waals surface area contributed by atoms with Crippen LogP contribution in [-0.2, 0) is 0 Å². The Bertz CT molecular complexity index is 518. The van der Waals surface area contributed by atoms with Crippen LogP contribution in [0.5, 0.6) is 0 Å². The van der Waals surface area contributed by atoms with Crippen LogP contribution in [0.3, 0.4) is 0 Å². The van der Waals surface area contributed by atoms with E-state index in [2.05, 4.69) is 25.9 Å². The maximum atomic E-state index is 4.62. The van der Waals surface area contributed by atoms with Gasteiger partial charge in [-0.25, -0.2) is 9.97 Å². The van der Waals surface area contributed by atoms with Gasteiger partial charge in [0.1, 0.15) is 11.3 Å². The molecule has 1 saturated heterocycles. The minimum absolute atomic E-state index is 0.747. The molecule has 94 valence electrons. The number of hydrogen-bond donors (Lipinski definition) is 0. The lowest BCUT2D eigenvalue weighted by Gasteiger charge is -2.25. The summed E-state index contributed by atoms with van der Waals surface area (Å²) in [5.74, 6) is 1.05. The van der Waals surface area contributed by atoms with E-state index in [-0.39, 0.29) is 0 Å². The summed E-state index contributed by atoms with van der Waals surface area (Å²) < 4.78 is 0. The molecule has 0 amide bonds. The van der Waals surface area contributed by atoms with Crippen molar-refractivity contribution in [2.24, 2.45) is 0 Å². The summed E-state index contributed by atoms with van der Waals surface area (Å²) >= 11 is 0. The maximum absolute atomic E-state index is 4.62. The average Bonchev–Trinajstić information content (AvgIpc) is 2.38. The maximum Gasteiger partial charge on any atom is 0.180 e. The van der Waals surface area contributed by atoms with Crippen LogP contribution < -0.4 is 4.90 Å². The monoisotopic (exact) mass is 242 g/mol. The van der Waals surface area contributed by atoms with Crippen molar-refractivity contribution in [3.8, 4) is 0 Å². The van der Waals surface area contributed by atoms with Crippen molar-refractivity contribution in [1.82, 2.24) is 15.0 Å². The van der Waals surface area contributed by atoms with E-state index in [1.807, 2.05) is 6.07 Å². The van der Waals surface area contributed by atoms with E-state index in [9.17, 15) is 0 Å². The Labute approximate surface area is 107 Å². The van der Waals surface area contributed by atoms with Crippen molar-refractivity contribution in [3.05, 3.63) is 24.5 Å². The summed E-state index contributed by atoms with van der Waals surface area (Å²) in [7, 11) is 0. The Morgan fingerprint density at radius 3 is 2.39 bits per heavy atom. The molecular weight excluding hydrogens is 224 g/mol. The highest BCUT2D eigenvalue weighted by Gasteiger charge is 2.11. The van der Waals surface area contributed by atoms with Gasteiger partial charge in [-0.05, 0) is 25.0 Å². The lowest BCUT2D eigenvalue weighted by atomic mass is 10.1. The van der Waals surface area contributed by atoms with Gasteiger partial charge in [-0.15, -0.1) is 0 Å². The predicted octanol–water partition coefficient (Wildman–Crippen LogP) is 2.80. The number of rotatable bonds is 1. The third-order valence-corrected chi connectivity index (χ3v) is 3.50. The second kappa shape index (κ2) is 5.29. The molecule has 2 aromatic heterocycles. The largest absolute Gasteiger partial charge is 0.357 e. The van der Waals surface area contributed by atoms with Crippen molar-refractivity contribution in [1.29, 1.82) is 0 Å². The van der Waals surface area contributed by atoms with Gasteiger partial charge in [0.05, 0.1) is 0 Å². The van der Waals surface area contributed by atoms with Crippen LogP contribution in [0.15, 0.2) is 24.5 Å². The van der Waals surface area contributed by atoms with E-state index < -0.39 is 0 Å². The van der Waals surface area contributed by atoms with E-state index in [1.165, 1.54) is 32.1 Å². The number of hydrogen-bond acceptors (Lipinski definition) is 4. The van der Waals surface area contributed by atoms with Crippen molar-refractivity contribution >= 4 is 17.0 Å². The first-order valence-corrected chi connectivity index (χ1v) is 6.76. The van der Waals surface area contributed by atoms with E-state index in [0.29, 0.717) is 0 Å². The first-order valence-electron chi connectivity index (χ1n) is 6.76. The number of nitrogens with zero attached hydrogens (tertiary/aromatic N) is 4. The zero-order chi connectivity index (χ0) is 12.2. The second-order valence-electron chi connectivity index (χ2n) is 4.82. The third-order valence-electron chi connectivity index (χ3n) is 3.50. The molecule has 1 aliphatic heterocycles.